The van der Waals surface area contributed by atoms with Crippen molar-refractivity contribution in [3.63, 3.8) is 0 Å². The number of benzene rings is 3. The number of hydrogen-bond donors (Lipinski definition) is 0. The summed E-state index contributed by atoms with van der Waals surface area (Å²) in [6.07, 6.45) is 1.23. The number of fused-ring (bicyclic) bond motifs is 3. The maximum absolute atomic E-state index is 11.8. The van der Waals surface area contributed by atoms with Crippen molar-refractivity contribution in [2.75, 3.05) is 7.11 Å². The second-order valence-electron chi connectivity index (χ2n) is 5.76. The minimum absolute atomic E-state index is 0.0797. The Morgan fingerprint density at radius 3 is 1.96 bits per heavy atom. The van der Waals surface area contributed by atoms with Crippen molar-refractivity contribution in [2.45, 2.75) is 6.92 Å². The quantitative estimate of drug-likeness (QED) is 0.518. The van der Waals surface area contributed by atoms with Crippen molar-refractivity contribution in [3.8, 4) is 17.4 Å². The number of methoxy groups -OCH3 is 1. The lowest BCUT2D eigenvalue weighted by Crippen LogP contribution is -2.18. The highest BCUT2D eigenvalue weighted by atomic mass is 16.6. The van der Waals surface area contributed by atoms with Gasteiger partial charge in [-0.3, -0.25) is 4.79 Å². The number of oxazole rings is 1. The van der Waals surface area contributed by atoms with Crippen molar-refractivity contribution in [1.82, 2.24) is 4.57 Å². The van der Waals surface area contributed by atoms with E-state index >= 15 is 0 Å². The molecule has 0 bridgehead atoms. The third-order valence-electron chi connectivity index (χ3n) is 4.20. The van der Waals surface area contributed by atoms with Crippen LogP contribution in [0.15, 0.2) is 63.9 Å². The number of carbonyl (C=O) groups excluding carboxylic acids is 1. The van der Waals surface area contributed by atoms with Gasteiger partial charge in [0.25, 0.3) is 0 Å². The molecule has 6 heteroatoms. The summed E-state index contributed by atoms with van der Waals surface area (Å²) in [5, 5.41) is 3.68. The molecule has 0 N–H and O–H groups in total. The first-order chi connectivity index (χ1) is 12.6. The van der Waals surface area contributed by atoms with Gasteiger partial charge in [-0.25, -0.2) is 9.36 Å². The fourth-order valence-electron chi connectivity index (χ4n) is 3.07. The van der Waals surface area contributed by atoms with Crippen molar-refractivity contribution in [3.05, 3.63) is 65.3 Å². The largest absolute Gasteiger partial charge is 0.492 e. The van der Waals surface area contributed by atoms with Crippen LogP contribution in [0.5, 0.6) is 17.4 Å². The summed E-state index contributed by atoms with van der Waals surface area (Å²) >= 11 is 0. The van der Waals surface area contributed by atoms with Gasteiger partial charge in [0.1, 0.15) is 6.20 Å². The fourth-order valence-corrected chi connectivity index (χ4v) is 3.07. The maximum Gasteiger partial charge on any atom is 0.428 e. The molecule has 0 saturated heterocycles. The molecular formula is C20H15NO5. The van der Waals surface area contributed by atoms with Crippen LogP contribution < -0.4 is 15.2 Å². The van der Waals surface area contributed by atoms with Gasteiger partial charge in [0.15, 0.2) is 11.5 Å². The first-order valence-corrected chi connectivity index (χ1v) is 7.99. The molecule has 0 aliphatic carbocycles. The monoisotopic (exact) mass is 349 g/mol. The summed E-state index contributed by atoms with van der Waals surface area (Å²) in [5.74, 6) is -0.381. The number of ether oxygens (including phenoxy) is 2. The molecule has 0 aliphatic rings. The zero-order valence-electron chi connectivity index (χ0n) is 14.2. The van der Waals surface area contributed by atoms with Gasteiger partial charge in [0.2, 0.25) is 5.91 Å². The fraction of sp³-hybridized carbons (Fsp3) is 0.100. The molecule has 3 aromatic carbocycles. The zero-order chi connectivity index (χ0) is 18.3. The Kier molecular flexibility index (Phi) is 3.73. The summed E-state index contributed by atoms with van der Waals surface area (Å²) in [7, 11) is 1.56. The van der Waals surface area contributed by atoms with Gasteiger partial charge in [-0.05, 0) is 10.8 Å². The van der Waals surface area contributed by atoms with E-state index in [4.69, 9.17) is 13.9 Å². The molecule has 130 valence electrons. The van der Waals surface area contributed by atoms with Crippen molar-refractivity contribution in [2.24, 2.45) is 0 Å². The SMILES string of the molecule is COc1c(Oc2cn(C(C)=O)c(=O)o2)c2ccccc2c2ccccc12. The standard InChI is InChI=1S/C20H15NO5/c1-12(22)21-11-17(26-20(21)23)25-19-16-10-6-4-8-14(16)13-7-3-5-9-15(13)18(19)24-2/h3-11H,1-2H3. The van der Waals surface area contributed by atoms with E-state index in [-0.39, 0.29) is 5.95 Å². The molecule has 1 heterocycles. The van der Waals surface area contributed by atoms with Crippen LogP contribution in [0.25, 0.3) is 21.5 Å². The molecule has 0 aliphatic heterocycles. The number of nitrogens with zero attached hydrogens (tertiary/aromatic N) is 1. The van der Waals surface area contributed by atoms with E-state index in [1.807, 2.05) is 48.5 Å². The second kappa shape index (κ2) is 6.07. The van der Waals surface area contributed by atoms with E-state index in [1.165, 1.54) is 13.1 Å². The predicted molar refractivity (Wildman–Crippen MR) is 97.3 cm³/mol. The highest BCUT2D eigenvalue weighted by Gasteiger charge is 2.19. The van der Waals surface area contributed by atoms with Gasteiger partial charge in [-0.2, -0.15) is 0 Å². The normalized spacial score (nSPS) is 11.0. The molecule has 0 radical (unpaired) electrons. The smallest absolute Gasteiger partial charge is 0.428 e. The summed E-state index contributed by atoms with van der Waals surface area (Å²) in [6.45, 7) is 1.27. The highest BCUT2D eigenvalue weighted by molar-refractivity contribution is 6.13. The lowest BCUT2D eigenvalue weighted by atomic mass is 10.00. The number of rotatable bonds is 3. The van der Waals surface area contributed by atoms with Crippen molar-refractivity contribution >= 4 is 27.5 Å². The highest BCUT2D eigenvalue weighted by Crippen LogP contribution is 2.45. The van der Waals surface area contributed by atoms with Gasteiger partial charge in [-0.1, -0.05) is 48.5 Å². The van der Waals surface area contributed by atoms with E-state index in [9.17, 15) is 9.59 Å². The summed E-state index contributed by atoms with van der Waals surface area (Å²) in [5.41, 5.74) is 0. The van der Waals surface area contributed by atoms with Crippen LogP contribution >= 0.6 is 0 Å². The van der Waals surface area contributed by atoms with Crippen LogP contribution in [0.3, 0.4) is 0 Å². The molecule has 26 heavy (non-hydrogen) atoms. The summed E-state index contributed by atoms with van der Waals surface area (Å²) in [4.78, 5) is 23.2. The van der Waals surface area contributed by atoms with E-state index in [0.717, 1.165) is 26.1 Å². The first kappa shape index (κ1) is 16.0. The molecule has 4 aromatic rings. The van der Waals surface area contributed by atoms with Gasteiger partial charge >= 0.3 is 11.7 Å². The van der Waals surface area contributed by atoms with Crippen LogP contribution in [-0.2, 0) is 0 Å². The second-order valence-corrected chi connectivity index (χ2v) is 5.76. The van der Waals surface area contributed by atoms with Gasteiger partial charge in [0.05, 0.1) is 7.11 Å². The minimum Gasteiger partial charge on any atom is -0.492 e. The lowest BCUT2D eigenvalue weighted by Gasteiger charge is -2.15. The molecule has 1 aromatic heterocycles. The molecule has 6 nitrogen and oxygen atoms in total. The summed E-state index contributed by atoms with van der Waals surface area (Å²) in [6, 6.07) is 15.5. The first-order valence-electron chi connectivity index (χ1n) is 7.99. The molecule has 0 unspecified atom stereocenters. The van der Waals surface area contributed by atoms with Gasteiger partial charge in [-0.15, -0.1) is 0 Å². The molecular weight excluding hydrogens is 334 g/mol. The number of carbonyl (C=O) groups is 1. The molecule has 0 atom stereocenters. The van der Waals surface area contributed by atoms with Crippen LogP contribution in [0.1, 0.15) is 11.7 Å². The van der Waals surface area contributed by atoms with E-state index in [2.05, 4.69) is 0 Å². The Hall–Kier alpha value is -3.54. The number of aromatic nitrogens is 1. The van der Waals surface area contributed by atoms with Crippen LogP contribution in [0.2, 0.25) is 0 Å². The van der Waals surface area contributed by atoms with E-state index in [0.29, 0.717) is 11.5 Å². The third kappa shape index (κ3) is 2.43. The van der Waals surface area contributed by atoms with E-state index < -0.39 is 11.7 Å². The average molecular weight is 349 g/mol. The predicted octanol–water partition coefficient (Wildman–Crippen LogP) is 4.21. The van der Waals surface area contributed by atoms with E-state index in [1.54, 1.807) is 7.11 Å². The van der Waals surface area contributed by atoms with Crippen LogP contribution in [-0.4, -0.2) is 17.6 Å². The third-order valence-corrected chi connectivity index (χ3v) is 4.20. The molecule has 0 saturated carbocycles. The molecule has 4 rings (SSSR count). The van der Waals surface area contributed by atoms with Crippen LogP contribution in [0, 0.1) is 0 Å². The average Bonchev–Trinajstić information content (AvgIpc) is 3.02. The Bertz CT molecular complexity index is 1200. The Morgan fingerprint density at radius 2 is 1.46 bits per heavy atom. The van der Waals surface area contributed by atoms with Gasteiger partial charge in [0, 0.05) is 17.7 Å². The lowest BCUT2D eigenvalue weighted by molar-refractivity contribution is 0.0928. The molecule has 0 spiro atoms. The summed E-state index contributed by atoms with van der Waals surface area (Å²) < 4.78 is 17.4. The van der Waals surface area contributed by atoms with Crippen LogP contribution in [0.4, 0.5) is 0 Å². The Labute approximate surface area is 148 Å². The maximum atomic E-state index is 11.8. The number of hydrogen-bond acceptors (Lipinski definition) is 5. The Morgan fingerprint density at radius 1 is 0.923 bits per heavy atom. The van der Waals surface area contributed by atoms with Gasteiger partial charge < -0.3 is 13.9 Å². The molecule has 0 amide bonds. The minimum atomic E-state index is -0.795. The van der Waals surface area contributed by atoms with Crippen molar-refractivity contribution < 1.29 is 18.7 Å². The van der Waals surface area contributed by atoms with Crippen molar-refractivity contribution in [1.29, 1.82) is 0 Å². The zero-order valence-corrected chi connectivity index (χ0v) is 14.2. The topological polar surface area (TPSA) is 70.7 Å². The molecule has 0 fully saturated rings. The Balaban J connectivity index is 2.00.